The maximum Gasteiger partial charge on any atom is 0.0961 e. The van der Waals surface area contributed by atoms with Gasteiger partial charge in [-0.3, -0.25) is 0 Å². The number of aromatic nitrogens is 1. The van der Waals surface area contributed by atoms with Gasteiger partial charge >= 0.3 is 0 Å². The van der Waals surface area contributed by atoms with Gasteiger partial charge in [0.05, 0.1) is 5.03 Å². The number of nitrogens with zero attached hydrogens (tertiary/aromatic N) is 1. The molecule has 1 aromatic heterocycles. The number of thioether (sulfide) groups is 1. The molecule has 0 aliphatic carbocycles. The fourth-order valence-electron chi connectivity index (χ4n) is 0.889. The minimum atomic E-state index is 0.0375. The Balaban J connectivity index is 2.34. The third-order valence-corrected chi connectivity index (χ3v) is 3.25. The molecular weight excluding hydrogens is 264 g/mol. The van der Waals surface area contributed by atoms with Gasteiger partial charge in [0.25, 0.3) is 0 Å². The summed E-state index contributed by atoms with van der Waals surface area (Å²) in [6.45, 7) is 0.148. The zero-order chi connectivity index (χ0) is 10.4. The standard InChI is InChI=1S/C9H13BrN2OS/c10-7-1-2-9(12-5-7)14-6-8(11)3-4-13/h1-2,5,8,13H,3-4,6,11H2. The highest BCUT2D eigenvalue weighted by molar-refractivity contribution is 9.10. The molecule has 0 amide bonds. The second-order valence-electron chi connectivity index (χ2n) is 2.90. The minimum absolute atomic E-state index is 0.0375. The monoisotopic (exact) mass is 276 g/mol. The Labute approximate surface area is 96.2 Å². The highest BCUT2D eigenvalue weighted by Gasteiger charge is 2.03. The average Bonchev–Trinajstić information content (AvgIpc) is 2.17. The Kier molecular flexibility index (Phi) is 5.47. The lowest BCUT2D eigenvalue weighted by atomic mass is 10.3. The van der Waals surface area contributed by atoms with Crippen molar-refractivity contribution in [2.75, 3.05) is 12.4 Å². The van der Waals surface area contributed by atoms with E-state index in [4.69, 9.17) is 10.8 Å². The molecular formula is C9H13BrN2OS. The van der Waals surface area contributed by atoms with E-state index in [2.05, 4.69) is 20.9 Å². The van der Waals surface area contributed by atoms with Crippen molar-refractivity contribution in [1.29, 1.82) is 0 Å². The van der Waals surface area contributed by atoms with Crippen molar-refractivity contribution < 1.29 is 5.11 Å². The molecule has 0 aromatic carbocycles. The number of aliphatic hydroxyl groups excluding tert-OH is 1. The summed E-state index contributed by atoms with van der Waals surface area (Å²) in [6, 6.07) is 3.93. The predicted octanol–water partition coefficient (Wildman–Crippen LogP) is 1.65. The summed E-state index contributed by atoms with van der Waals surface area (Å²) in [6.07, 6.45) is 2.41. The van der Waals surface area contributed by atoms with Gasteiger partial charge in [0.1, 0.15) is 0 Å². The summed E-state index contributed by atoms with van der Waals surface area (Å²) >= 11 is 4.93. The fraction of sp³-hybridized carbons (Fsp3) is 0.444. The molecule has 78 valence electrons. The van der Waals surface area contributed by atoms with Crippen molar-refractivity contribution in [3.63, 3.8) is 0 Å². The van der Waals surface area contributed by atoms with Crippen LogP contribution in [0.4, 0.5) is 0 Å². The highest BCUT2D eigenvalue weighted by atomic mass is 79.9. The summed E-state index contributed by atoms with van der Waals surface area (Å²) < 4.78 is 0.974. The second-order valence-corrected chi connectivity index (χ2v) is 4.85. The minimum Gasteiger partial charge on any atom is -0.396 e. The molecule has 1 aromatic rings. The molecule has 0 radical (unpaired) electrons. The first-order valence-electron chi connectivity index (χ1n) is 4.33. The molecule has 3 N–H and O–H groups in total. The molecule has 0 spiro atoms. The van der Waals surface area contributed by atoms with Crippen molar-refractivity contribution in [2.45, 2.75) is 17.5 Å². The number of nitrogens with two attached hydrogens (primary N) is 1. The van der Waals surface area contributed by atoms with E-state index in [9.17, 15) is 0 Å². The molecule has 1 heterocycles. The first-order valence-corrected chi connectivity index (χ1v) is 6.11. The summed E-state index contributed by atoms with van der Waals surface area (Å²) in [4.78, 5) is 4.21. The van der Waals surface area contributed by atoms with Gasteiger partial charge in [-0.15, -0.1) is 11.8 Å². The van der Waals surface area contributed by atoms with Gasteiger partial charge in [-0.25, -0.2) is 4.98 Å². The Morgan fingerprint density at radius 2 is 2.36 bits per heavy atom. The van der Waals surface area contributed by atoms with Crippen LogP contribution in [-0.2, 0) is 0 Å². The maximum atomic E-state index is 8.66. The lowest BCUT2D eigenvalue weighted by molar-refractivity contribution is 0.279. The van der Waals surface area contributed by atoms with Crippen molar-refractivity contribution in [1.82, 2.24) is 4.98 Å². The van der Waals surface area contributed by atoms with Gasteiger partial charge in [-0.05, 0) is 34.5 Å². The van der Waals surface area contributed by atoms with Crippen LogP contribution in [0.3, 0.4) is 0 Å². The maximum absolute atomic E-state index is 8.66. The van der Waals surface area contributed by atoms with Gasteiger partial charge in [0, 0.05) is 29.1 Å². The first kappa shape index (κ1) is 12.0. The molecule has 1 atom stereocenters. The molecule has 5 heteroatoms. The van der Waals surface area contributed by atoms with E-state index in [1.165, 1.54) is 0 Å². The molecule has 0 aliphatic rings. The zero-order valence-electron chi connectivity index (χ0n) is 7.69. The second kappa shape index (κ2) is 6.40. The zero-order valence-corrected chi connectivity index (χ0v) is 10.1. The van der Waals surface area contributed by atoms with Crippen LogP contribution in [0.5, 0.6) is 0 Å². The van der Waals surface area contributed by atoms with E-state index in [0.29, 0.717) is 6.42 Å². The van der Waals surface area contributed by atoms with Crippen molar-refractivity contribution >= 4 is 27.7 Å². The number of aliphatic hydroxyl groups is 1. The van der Waals surface area contributed by atoms with Crippen molar-refractivity contribution in [2.24, 2.45) is 5.73 Å². The fourth-order valence-corrected chi connectivity index (χ4v) is 1.97. The van der Waals surface area contributed by atoms with Crippen LogP contribution in [-0.4, -0.2) is 28.5 Å². The number of rotatable bonds is 5. The molecule has 0 aliphatic heterocycles. The number of halogens is 1. The molecule has 0 saturated heterocycles. The third-order valence-electron chi connectivity index (χ3n) is 1.65. The molecule has 1 unspecified atom stereocenters. The quantitative estimate of drug-likeness (QED) is 0.803. The highest BCUT2D eigenvalue weighted by Crippen LogP contribution is 2.18. The number of hydrogen-bond acceptors (Lipinski definition) is 4. The van der Waals surface area contributed by atoms with Crippen LogP contribution in [0.1, 0.15) is 6.42 Å². The van der Waals surface area contributed by atoms with E-state index in [1.807, 2.05) is 12.1 Å². The Hall–Kier alpha value is -0.100. The number of hydrogen-bond donors (Lipinski definition) is 2. The van der Waals surface area contributed by atoms with Crippen molar-refractivity contribution in [3.8, 4) is 0 Å². The van der Waals surface area contributed by atoms with Crippen LogP contribution < -0.4 is 5.73 Å². The average molecular weight is 277 g/mol. The first-order chi connectivity index (χ1) is 6.72. The SMILES string of the molecule is NC(CCO)CSc1ccc(Br)cn1. The Morgan fingerprint density at radius 3 is 2.93 bits per heavy atom. The van der Waals surface area contributed by atoms with Crippen LogP contribution in [0.2, 0.25) is 0 Å². The van der Waals surface area contributed by atoms with Gasteiger partial charge in [0.15, 0.2) is 0 Å². The Bertz CT molecular complexity index is 268. The largest absolute Gasteiger partial charge is 0.396 e. The van der Waals surface area contributed by atoms with Gasteiger partial charge in [-0.1, -0.05) is 0 Å². The van der Waals surface area contributed by atoms with Crippen LogP contribution in [0.15, 0.2) is 27.8 Å². The topological polar surface area (TPSA) is 59.1 Å². The number of pyridine rings is 1. The van der Waals surface area contributed by atoms with Crippen LogP contribution in [0.25, 0.3) is 0 Å². The lowest BCUT2D eigenvalue weighted by Gasteiger charge is -2.08. The van der Waals surface area contributed by atoms with E-state index in [-0.39, 0.29) is 12.6 Å². The summed E-state index contributed by atoms with van der Waals surface area (Å²) in [7, 11) is 0. The molecule has 0 bridgehead atoms. The smallest absolute Gasteiger partial charge is 0.0961 e. The summed E-state index contributed by atoms with van der Waals surface area (Å²) in [5, 5.41) is 9.62. The molecule has 3 nitrogen and oxygen atoms in total. The van der Waals surface area contributed by atoms with Gasteiger partial charge < -0.3 is 10.8 Å². The molecule has 1 rings (SSSR count). The molecule has 0 fully saturated rings. The summed E-state index contributed by atoms with van der Waals surface area (Å²) in [5.41, 5.74) is 5.74. The van der Waals surface area contributed by atoms with E-state index < -0.39 is 0 Å². The van der Waals surface area contributed by atoms with E-state index >= 15 is 0 Å². The lowest BCUT2D eigenvalue weighted by Crippen LogP contribution is -2.23. The molecule has 0 saturated carbocycles. The summed E-state index contributed by atoms with van der Waals surface area (Å²) in [5.74, 6) is 0.787. The van der Waals surface area contributed by atoms with Crippen molar-refractivity contribution in [3.05, 3.63) is 22.8 Å². The Morgan fingerprint density at radius 1 is 1.57 bits per heavy atom. The van der Waals surface area contributed by atoms with Crippen LogP contribution in [0, 0.1) is 0 Å². The third kappa shape index (κ3) is 4.41. The molecule has 14 heavy (non-hydrogen) atoms. The predicted molar refractivity (Wildman–Crippen MR) is 62.3 cm³/mol. The van der Waals surface area contributed by atoms with Gasteiger partial charge in [-0.2, -0.15) is 0 Å². The van der Waals surface area contributed by atoms with E-state index in [0.717, 1.165) is 15.3 Å². The van der Waals surface area contributed by atoms with Gasteiger partial charge in [0.2, 0.25) is 0 Å². The van der Waals surface area contributed by atoms with Crippen LogP contribution >= 0.6 is 27.7 Å². The normalized spacial score (nSPS) is 12.8. The van der Waals surface area contributed by atoms with E-state index in [1.54, 1.807) is 18.0 Å².